The lowest BCUT2D eigenvalue weighted by atomic mass is 10.0. The van der Waals surface area contributed by atoms with E-state index >= 15 is 0 Å². The molecule has 2 rings (SSSR count). The number of benzene rings is 1. The molecule has 1 unspecified atom stereocenters. The van der Waals surface area contributed by atoms with Crippen LogP contribution in [0.25, 0.3) is 0 Å². The fourth-order valence-electron chi connectivity index (χ4n) is 4.18. The van der Waals surface area contributed by atoms with Gasteiger partial charge in [0.1, 0.15) is 12.1 Å². The van der Waals surface area contributed by atoms with Crippen molar-refractivity contribution in [2.45, 2.75) is 76.7 Å². The van der Waals surface area contributed by atoms with Gasteiger partial charge in [-0.3, -0.25) is 33.7 Å². The molecule has 14 heteroatoms. The number of amides is 4. The topological polar surface area (TPSA) is 162 Å². The maximum Gasteiger partial charge on any atom is 0.452 e. The Morgan fingerprint density at radius 3 is 2.15 bits per heavy atom. The normalized spacial score (nSPS) is 16.5. The zero-order valence-electron chi connectivity index (χ0n) is 22.2. The summed E-state index contributed by atoms with van der Waals surface area (Å²) in [4.78, 5) is 74.2. The summed E-state index contributed by atoms with van der Waals surface area (Å²) in [7, 11) is 0. The molecule has 0 bridgehead atoms. The van der Waals surface area contributed by atoms with Crippen LogP contribution in [0.5, 0.6) is 0 Å². The maximum absolute atomic E-state index is 13.3. The molecule has 0 radical (unpaired) electrons. The van der Waals surface area contributed by atoms with Crippen molar-refractivity contribution in [1.29, 1.82) is 0 Å². The molecule has 0 spiro atoms. The highest BCUT2D eigenvalue weighted by Crippen LogP contribution is 2.24. The number of carbonyl (C=O) groups excluding carboxylic acids is 5. The third-order valence-electron chi connectivity index (χ3n) is 6.34. The molecule has 11 nitrogen and oxygen atoms in total. The minimum absolute atomic E-state index is 0.0122. The van der Waals surface area contributed by atoms with Crippen LogP contribution in [-0.2, 0) is 19.2 Å². The first-order valence-electron chi connectivity index (χ1n) is 12.9. The maximum atomic E-state index is 13.3. The number of alkyl halides is 3. The fourth-order valence-corrected chi connectivity index (χ4v) is 4.18. The first kappa shape index (κ1) is 32.4. The molecule has 1 heterocycles. The number of hydrogen-bond donors (Lipinski definition) is 4. The summed E-state index contributed by atoms with van der Waals surface area (Å²) >= 11 is 0. The summed E-state index contributed by atoms with van der Waals surface area (Å²) in [5, 5.41) is 16.4. The number of aliphatic carboxylic acids is 1. The highest BCUT2D eigenvalue weighted by molar-refractivity contribution is 6.07. The first-order chi connectivity index (χ1) is 18.8. The molecule has 1 aliphatic heterocycles. The lowest BCUT2D eigenvalue weighted by Gasteiger charge is -2.33. The predicted molar refractivity (Wildman–Crippen MR) is 135 cm³/mol. The van der Waals surface area contributed by atoms with Gasteiger partial charge < -0.3 is 21.1 Å². The molecule has 40 heavy (non-hydrogen) atoms. The van der Waals surface area contributed by atoms with Crippen molar-refractivity contribution in [2.75, 3.05) is 13.1 Å². The van der Waals surface area contributed by atoms with Crippen molar-refractivity contribution in [3.05, 3.63) is 35.4 Å². The van der Waals surface area contributed by atoms with E-state index in [1.807, 2.05) is 0 Å². The van der Waals surface area contributed by atoms with Crippen LogP contribution in [0.15, 0.2) is 24.3 Å². The van der Waals surface area contributed by atoms with Crippen LogP contribution >= 0.6 is 0 Å². The number of unbranched alkanes of at least 4 members (excludes halogenated alkanes) is 1. The van der Waals surface area contributed by atoms with Crippen LogP contribution in [0.4, 0.5) is 13.2 Å². The Morgan fingerprint density at radius 1 is 1.05 bits per heavy atom. The van der Waals surface area contributed by atoms with Crippen LogP contribution in [0, 0.1) is 0 Å². The number of nitrogens with one attached hydrogen (secondary N) is 3. The molecule has 4 amide bonds. The number of carbonyl (C=O) groups is 6. The standard InChI is InChI=1S/C26H33F3N4O7/c1-3-19(21(36)26(27,28)29)33(25(40)18-7-6-14-30-18)24(39)15(2)32-23(38)17-11-9-16(10-12-17)22(37)31-13-5-4-8-20(34)35/h9-12,15,18-19,30H,3-8,13-14H2,1-2H3,(H,31,37)(H,32,38)(H,34,35)/t15-,18-,19?/m0/s1. The van der Waals surface area contributed by atoms with Gasteiger partial charge in [-0.2, -0.15) is 13.2 Å². The van der Waals surface area contributed by atoms with Gasteiger partial charge in [-0.25, -0.2) is 0 Å². The number of carboxylic acids is 1. The van der Waals surface area contributed by atoms with Crippen molar-refractivity contribution in [2.24, 2.45) is 0 Å². The molecule has 0 aliphatic carbocycles. The van der Waals surface area contributed by atoms with Gasteiger partial charge in [-0.1, -0.05) is 6.92 Å². The zero-order chi connectivity index (χ0) is 30.0. The molecule has 1 fully saturated rings. The third kappa shape index (κ3) is 8.86. The summed E-state index contributed by atoms with van der Waals surface area (Å²) in [5.41, 5.74) is 0.252. The van der Waals surface area contributed by atoms with E-state index in [2.05, 4.69) is 16.0 Å². The number of carboxylic acid groups (broad SMARTS) is 1. The second-order valence-corrected chi connectivity index (χ2v) is 9.36. The summed E-state index contributed by atoms with van der Waals surface area (Å²) in [5.74, 6) is -6.52. The van der Waals surface area contributed by atoms with Gasteiger partial charge in [-0.15, -0.1) is 0 Å². The smallest absolute Gasteiger partial charge is 0.452 e. The molecule has 1 aromatic carbocycles. The van der Waals surface area contributed by atoms with E-state index in [0.717, 1.165) is 0 Å². The van der Waals surface area contributed by atoms with Crippen LogP contribution in [0.1, 0.15) is 73.1 Å². The number of rotatable bonds is 13. The average Bonchev–Trinajstić information content (AvgIpc) is 3.45. The lowest BCUT2D eigenvalue weighted by molar-refractivity contribution is -0.180. The van der Waals surface area contributed by atoms with Gasteiger partial charge in [0.05, 0.1) is 6.04 Å². The quantitative estimate of drug-likeness (QED) is 0.261. The van der Waals surface area contributed by atoms with Gasteiger partial charge in [-0.05, 0) is 69.8 Å². The molecular formula is C26H33F3N4O7. The molecule has 0 aromatic heterocycles. The van der Waals surface area contributed by atoms with Crippen LogP contribution in [0.2, 0.25) is 0 Å². The van der Waals surface area contributed by atoms with Gasteiger partial charge in [0.25, 0.3) is 23.5 Å². The molecule has 1 aromatic rings. The highest BCUT2D eigenvalue weighted by atomic mass is 19.4. The van der Waals surface area contributed by atoms with Gasteiger partial charge in [0.15, 0.2) is 0 Å². The fraction of sp³-hybridized carbons (Fsp3) is 0.538. The summed E-state index contributed by atoms with van der Waals surface area (Å²) in [6, 6.07) is 0.844. The second kappa shape index (κ2) is 14.5. The number of imide groups is 1. The van der Waals surface area contributed by atoms with Crippen molar-refractivity contribution in [3.8, 4) is 0 Å². The number of nitrogens with zero attached hydrogens (tertiary/aromatic N) is 1. The van der Waals surface area contributed by atoms with Gasteiger partial charge in [0, 0.05) is 24.1 Å². The van der Waals surface area contributed by atoms with Gasteiger partial charge in [0.2, 0.25) is 5.91 Å². The number of Topliss-reactive ketones (excluding diaryl/α,β-unsaturated/α-hetero) is 1. The number of ketones is 1. The van der Waals surface area contributed by atoms with Crippen LogP contribution in [-0.4, -0.2) is 82.8 Å². The molecule has 4 N–H and O–H groups in total. The van der Waals surface area contributed by atoms with E-state index in [4.69, 9.17) is 5.11 Å². The minimum Gasteiger partial charge on any atom is -0.481 e. The van der Waals surface area contributed by atoms with E-state index in [0.29, 0.717) is 30.7 Å². The molecule has 1 saturated heterocycles. The van der Waals surface area contributed by atoms with E-state index in [-0.39, 0.29) is 30.5 Å². The molecule has 1 aliphatic rings. The Kier molecular flexibility index (Phi) is 11.8. The van der Waals surface area contributed by atoms with Crippen LogP contribution < -0.4 is 16.0 Å². The lowest BCUT2D eigenvalue weighted by Crippen LogP contribution is -2.60. The van der Waals surface area contributed by atoms with Crippen molar-refractivity contribution >= 4 is 35.4 Å². The Balaban J connectivity index is 2.10. The molecule has 3 atom stereocenters. The van der Waals surface area contributed by atoms with E-state index < -0.39 is 66.1 Å². The minimum atomic E-state index is -5.28. The van der Waals surface area contributed by atoms with E-state index in [9.17, 15) is 41.9 Å². The monoisotopic (exact) mass is 570 g/mol. The predicted octanol–water partition coefficient (Wildman–Crippen LogP) is 1.81. The zero-order valence-corrected chi connectivity index (χ0v) is 22.2. The Bertz CT molecular complexity index is 1100. The largest absolute Gasteiger partial charge is 0.481 e. The van der Waals surface area contributed by atoms with Crippen molar-refractivity contribution in [3.63, 3.8) is 0 Å². The molecular weight excluding hydrogens is 537 g/mol. The first-order valence-corrected chi connectivity index (χ1v) is 12.9. The molecule has 0 saturated carbocycles. The SMILES string of the molecule is CCC(C(=O)C(F)(F)F)N(C(=O)[C@H](C)NC(=O)c1ccc(C(=O)NCCCCC(=O)O)cc1)C(=O)[C@@H]1CCCN1. The Hall–Kier alpha value is -3.81. The third-order valence-corrected chi connectivity index (χ3v) is 6.34. The summed E-state index contributed by atoms with van der Waals surface area (Å²) < 4.78 is 39.8. The van der Waals surface area contributed by atoms with Crippen LogP contribution in [0.3, 0.4) is 0 Å². The second-order valence-electron chi connectivity index (χ2n) is 9.36. The van der Waals surface area contributed by atoms with Crippen molar-refractivity contribution < 1.29 is 47.0 Å². The number of hydrogen-bond acceptors (Lipinski definition) is 7. The highest BCUT2D eigenvalue weighted by Gasteiger charge is 2.49. The Morgan fingerprint density at radius 2 is 1.65 bits per heavy atom. The summed E-state index contributed by atoms with van der Waals surface area (Å²) in [6.07, 6.45) is -4.05. The van der Waals surface area contributed by atoms with E-state index in [1.54, 1.807) is 0 Å². The number of halogens is 3. The Labute approximate surface area is 228 Å². The molecule has 220 valence electrons. The van der Waals surface area contributed by atoms with Gasteiger partial charge >= 0.3 is 12.1 Å². The van der Waals surface area contributed by atoms with E-state index in [1.165, 1.54) is 38.1 Å². The average molecular weight is 571 g/mol. The summed E-state index contributed by atoms with van der Waals surface area (Å²) in [6.45, 7) is 3.13. The van der Waals surface area contributed by atoms with Crippen molar-refractivity contribution in [1.82, 2.24) is 20.9 Å².